The summed E-state index contributed by atoms with van der Waals surface area (Å²) in [4.78, 5) is 0. The standard InChI is InChI=1S/C15H19F/c1-2-4-12-5-3-6-14(11-12)13-7-9-15(16)10-8-13/h2,4,7-10,12,14H,3,5-6,11H2,1H3. The number of rotatable bonds is 2. The van der Waals surface area contributed by atoms with Crippen LogP contribution in [0.4, 0.5) is 4.39 Å². The SMILES string of the molecule is CC=CC1CCCC(c2ccc(F)cc2)C1. The van der Waals surface area contributed by atoms with Crippen molar-refractivity contribution in [1.29, 1.82) is 0 Å². The van der Waals surface area contributed by atoms with Crippen molar-refractivity contribution in [2.45, 2.75) is 38.5 Å². The summed E-state index contributed by atoms with van der Waals surface area (Å²) >= 11 is 0. The van der Waals surface area contributed by atoms with Gasteiger partial charge in [0.2, 0.25) is 0 Å². The van der Waals surface area contributed by atoms with Crippen LogP contribution in [0.1, 0.15) is 44.1 Å². The van der Waals surface area contributed by atoms with Crippen LogP contribution in [0.2, 0.25) is 0 Å². The van der Waals surface area contributed by atoms with E-state index in [1.54, 1.807) is 12.1 Å². The van der Waals surface area contributed by atoms with Crippen molar-refractivity contribution < 1.29 is 4.39 Å². The lowest BCUT2D eigenvalue weighted by Crippen LogP contribution is -2.12. The minimum absolute atomic E-state index is 0.135. The molecule has 2 rings (SSSR count). The van der Waals surface area contributed by atoms with Gasteiger partial charge < -0.3 is 0 Å². The van der Waals surface area contributed by atoms with Crippen LogP contribution in [0.5, 0.6) is 0 Å². The summed E-state index contributed by atoms with van der Waals surface area (Å²) in [5.74, 6) is 1.20. The van der Waals surface area contributed by atoms with Gasteiger partial charge in [0.1, 0.15) is 5.82 Å². The summed E-state index contributed by atoms with van der Waals surface area (Å²) in [5, 5.41) is 0. The average Bonchev–Trinajstić information content (AvgIpc) is 2.31. The molecule has 16 heavy (non-hydrogen) atoms. The van der Waals surface area contributed by atoms with E-state index in [-0.39, 0.29) is 5.82 Å². The largest absolute Gasteiger partial charge is 0.207 e. The second kappa shape index (κ2) is 5.29. The molecule has 1 heteroatoms. The second-order valence-electron chi connectivity index (χ2n) is 4.70. The van der Waals surface area contributed by atoms with E-state index in [2.05, 4.69) is 19.1 Å². The fraction of sp³-hybridized carbons (Fsp3) is 0.467. The second-order valence-corrected chi connectivity index (χ2v) is 4.70. The van der Waals surface area contributed by atoms with E-state index in [0.717, 1.165) is 0 Å². The van der Waals surface area contributed by atoms with Gasteiger partial charge in [0, 0.05) is 0 Å². The van der Waals surface area contributed by atoms with Crippen molar-refractivity contribution >= 4 is 0 Å². The minimum Gasteiger partial charge on any atom is -0.207 e. The Hall–Kier alpha value is -1.11. The zero-order valence-corrected chi connectivity index (χ0v) is 9.83. The Morgan fingerprint density at radius 1 is 1.19 bits per heavy atom. The van der Waals surface area contributed by atoms with E-state index in [9.17, 15) is 4.39 Å². The first-order valence-corrected chi connectivity index (χ1v) is 6.18. The lowest BCUT2D eigenvalue weighted by Gasteiger charge is -2.27. The van der Waals surface area contributed by atoms with Gasteiger partial charge in [-0.2, -0.15) is 0 Å². The number of hydrogen-bond acceptors (Lipinski definition) is 0. The minimum atomic E-state index is -0.135. The zero-order valence-electron chi connectivity index (χ0n) is 9.83. The Bertz CT molecular complexity index is 350. The molecule has 1 aromatic carbocycles. The molecule has 1 aliphatic rings. The highest BCUT2D eigenvalue weighted by atomic mass is 19.1. The molecule has 86 valence electrons. The van der Waals surface area contributed by atoms with Crippen molar-refractivity contribution in [3.63, 3.8) is 0 Å². The maximum atomic E-state index is 12.8. The molecule has 1 aliphatic carbocycles. The van der Waals surface area contributed by atoms with E-state index in [4.69, 9.17) is 0 Å². The lowest BCUT2D eigenvalue weighted by atomic mass is 9.78. The lowest BCUT2D eigenvalue weighted by molar-refractivity contribution is 0.372. The number of hydrogen-bond donors (Lipinski definition) is 0. The van der Waals surface area contributed by atoms with Crippen LogP contribution >= 0.6 is 0 Å². The number of allylic oxidation sites excluding steroid dienone is 2. The highest BCUT2D eigenvalue weighted by molar-refractivity contribution is 5.21. The molecule has 2 atom stereocenters. The predicted molar refractivity (Wildman–Crippen MR) is 65.9 cm³/mol. The van der Waals surface area contributed by atoms with Crippen molar-refractivity contribution in [2.75, 3.05) is 0 Å². The Morgan fingerprint density at radius 3 is 2.62 bits per heavy atom. The first-order valence-electron chi connectivity index (χ1n) is 6.18. The maximum absolute atomic E-state index is 12.8. The highest BCUT2D eigenvalue weighted by Crippen LogP contribution is 2.36. The van der Waals surface area contributed by atoms with Gasteiger partial charge >= 0.3 is 0 Å². The summed E-state index contributed by atoms with van der Waals surface area (Å²) in [6, 6.07) is 7.04. The zero-order chi connectivity index (χ0) is 11.4. The Labute approximate surface area is 97.2 Å². The third-order valence-corrected chi connectivity index (χ3v) is 3.52. The molecule has 2 unspecified atom stereocenters. The molecule has 0 bridgehead atoms. The van der Waals surface area contributed by atoms with E-state index in [0.29, 0.717) is 11.8 Å². The third-order valence-electron chi connectivity index (χ3n) is 3.52. The Balaban J connectivity index is 2.06. The molecule has 0 saturated heterocycles. The van der Waals surface area contributed by atoms with Gasteiger partial charge in [-0.05, 0) is 55.7 Å². The van der Waals surface area contributed by atoms with Crippen molar-refractivity contribution in [3.8, 4) is 0 Å². The Kier molecular flexibility index (Phi) is 3.76. The van der Waals surface area contributed by atoms with Crippen molar-refractivity contribution in [2.24, 2.45) is 5.92 Å². The molecule has 1 aromatic rings. The van der Waals surface area contributed by atoms with Crippen LogP contribution in [0.25, 0.3) is 0 Å². The van der Waals surface area contributed by atoms with Crippen LogP contribution in [-0.2, 0) is 0 Å². The van der Waals surface area contributed by atoms with Gasteiger partial charge in [-0.3, -0.25) is 0 Å². The van der Waals surface area contributed by atoms with Crippen LogP contribution in [0.15, 0.2) is 36.4 Å². The fourth-order valence-corrected chi connectivity index (χ4v) is 2.71. The molecule has 0 radical (unpaired) electrons. The van der Waals surface area contributed by atoms with Gasteiger partial charge in [-0.25, -0.2) is 4.39 Å². The molecule has 0 heterocycles. The Morgan fingerprint density at radius 2 is 1.94 bits per heavy atom. The molecule has 1 saturated carbocycles. The summed E-state index contributed by atoms with van der Waals surface area (Å²) in [6.45, 7) is 2.08. The molecule has 0 aromatic heterocycles. The summed E-state index contributed by atoms with van der Waals surface area (Å²) < 4.78 is 12.8. The van der Waals surface area contributed by atoms with E-state index >= 15 is 0 Å². The first kappa shape index (κ1) is 11.4. The van der Waals surface area contributed by atoms with Crippen molar-refractivity contribution in [3.05, 3.63) is 47.8 Å². The van der Waals surface area contributed by atoms with Crippen LogP contribution < -0.4 is 0 Å². The van der Waals surface area contributed by atoms with E-state index in [1.807, 2.05) is 12.1 Å². The summed E-state index contributed by atoms with van der Waals surface area (Å²) in [5.41, 5.74) is 1.30. The van der Waals surface area contributed by atoms with E-state index in [1.165, 1.54) is 31.2 Å². The van der Waals surface area contributed by atoms with Crippen molar-refractivity contribution in [1.82, 2.24) is 0 Å². The topological polar surface area (TPSA) is 0 Å². The van der Waals surface area contributed by atoms with Crippen LogP contribution in [0, 0.1) is 11.7 Å². The molecule has 0 nitrogen and oxygen atoms in total. The van der Waals surface area contributed by atoms with Crippen LogP contribution in [0.3, 0.4) is 0 Å². The maximum Gasteiger partial charge on any atom is 0.123 e. The van der Waals surface area contributed by atoms with Gasteiger partial charge in [0.15, 0.2) is 0 Å². The molecule has 1 fully saturated rings. The molecule has 0 N–H and O–H groups in total. The third kappa shape index (κ3) is 2.72. The molecule has 0 amide bonds. The normalized spacial score (nSPS) is 26.1. The van der Waals surface area contributed by atoms with E-state index < -0.39 is 0 Å². The smallest absolute Gasteiger partial charge is 0.123 e. The molecule has 0 aliphatic heterocycles. The predicted octanol–water partition coefficient (Wildman–Crippen LogP) is 4.68. The highest BCUT2D eigenvalue weighted by Gasteiger charge is 2.21. The van der Waals surface area contributed by atoms with Gasteiger partial charge in [-0.15, -0.1) is 0 Å². The summed E-state index contributed by atoms with van der Waals surface area (Å²) in [7, 11) is 0. The van der Waals surface area contributed by atoms with Gasteiger partial charge in [-0.1, -0.05) is 30.7 Å². The van der Waals surface area contributed by atoms with Gasteiger partial charge in [0.05, 0.1) is 0 Å². The first-order chi connectivity index (χ1) is 7.79. The monoisotopic (exact) mass is 218 g/mol. The van der Waals surface area contributed by atoms with Crippen LogP contribution in [-0.4, -0.2) is 0 Å². The fourth-order valence-electron chi connectivity index (χ4n) is 2.71. The number of halogens is 1. The number of benzene rings is 1. The summed E-state index contributed by atoms with van der Waals surface area (Å²) in [6.07, 6.45) is 9.53. The average molecular weight is 218 g/mol. The molecule has 0 spiro atoms. The molecular formula is C15H19F. The quantitative estimate of drug-likeness (QED) is 0.632. The molecular weight excluding hydrogens is 199 g/mol. The van der Waals surface area contributed by atoms with Gasteiger partial charge in [0.25, 0.3) is 0 Å².